The molecular formula is C11H16O3. The number of carbonyl (C=O) groups is 2. The Bertz CT molecular complexity index is 284. The number of ether oxygens (including phenoxy) is 1. The van der Waals surface area contributed by atoms with Crippen molar-refractivity contribution < 1.29 is 14.3 Å². The number of hydrogen-bond donors (Lipinski definition) is 0. The topological polar surface area (TPSA) is 43.4 Å². The van der Waals surface area contributed by atoms with Crippen LogP contribution in [0.25, 0.3) is 0 Å². The van der Waals surface area contributed by atoms with Crippen molar-refractivity contribution in [1.82, 2.24) is 0 Å². The van der Waals surface area contributed by atoms with Crippen LogP contribution in [-0.4, -0.2) is 17.9 Å². The molecule has 0 aromatic rings. The van der Waals surface area contributed by atoms with Crippen molar-refractivity contribution in [3.05, 3.63) is 0 Å². The molecule has 0 N–H and O–H groups in total. The molecule has 3 atom stereocenters. The van der Waals surface area contributed by atoms with Crippen LogP contribution in [0.1, 0.15) is 39.5 Å². The fourth-order valence-electron chi connectivity index (χ4n) is 2.71. The van der Waals surface area contributed by atoms with Gasteiger partial charge in [-0.05, 0) is 31.1 Å². The van der Waals surface area contributed by atoms with Gasteiger partial charge >= 0.3 is 5.97 Å². The van der Waals surface area contributed by atoms with Gasteiger partial charge in [0.15, 0.2) is 11.9 Å². The van der Waals surface area contributed by atoms with Gasteiger partial charge in [-0.15, -0.1) is 0 Å². The van der Waals surface area contributed by atoms with Gasteiger partial charge < -0.3 is 4.74 Å². The summed E-state index contributed by atoms with van der Waals surface area (Å²) in [6.07, 6.45) is 3.40. The van der Waals surface area contributed by atoms with Crippen LogP contribution in [0.15, 0.2) is 0 Å². The van der Waals surface area contributed by atoms with Crippen molar-refractivity contribution >= 4 is 11.8 Å². The maximum Gasteiger partial charge on any atom is 0.303 e. The summed E-state index contributed by atoms with van der Waals surface area (Å²) in [4.78, 5) is 22.6. The molecular weight excluding hydrogens is 180 g/mol. The van der Waals surface area contributed by atoms with Gasteiger partial charge in [0.05, 0.1) is 0 Å². The summed E-state index contributed by atoms with van der Waals surface area (Å²) in [6.45, 7) is 3.53. The number of esters is 1. The largest absolute Gasteiger partial charge is 0.455 e. The number of fused-ring (bicyclic) bond motifs is 1. The first-order valence-electron chi connectivity index (χ1n) is 5.24. The zero-order valence-corrected chi connectivity index (χ0v) is 8.71. The van der Waals surface area contributed by atoms with E-state index in [1.54, 1.807) is 0 Å². The second-order valence-electron chi connectivity index (χ2n) is 4.78. The highest BCUT2D eigenvalue weighted by molar-refractivity contribution is 5.89. The monoisotopic (exact) mass is 196 g/mol. The number of hydrogen-bond acceptors (Lipinski definition) is 3. The molecule has 2 saturated carbocycles. The molecule has 0 bridgehead atoms. The highest BCUT2D eigenvalue weighted by Crippen LogP contribution is 2.53. The minimum atomic E-state index is -0.453. The second kappa shape index (κ2) is 3.07. The average molecular weight is 196 g/mol. The minimum absolute atomic E-state index is 0.153. The van der Waals surface area contributed by atoms with E-state index < -0.39 is 6.10 Å². The predicted molar refractivity (Wildman–Crippen MR) is 50.6 cm³/mol. The quantitative estimate of drug-likeness (QED) is 0.599. The number of carbonyl (C=O) groups excluding carboxylic acids is 2. The maximum absolute atomic E-state index is 11.9. The van der Waals surface area contributed by atoms with Crippen LogP contribution in [-0.2, 0) is 14.3 Å². The van der Waals surface area contributed by atoms with Crippen LogP contribution >= 0.6 is 0 Å². The third-order valence-electron chi connectivity index (χ3n) is 3.79. The normalized spacial score (nSPS) is 41.1. The Labute approximate surface area is 83.8 Å². The van der Waals surface area contributed by atoms with Crippen molar-refractivity contribution in [2.45, 2.75) is 45.6 Å². The van der Waals surface area contributed by atoms with E-state index in [9.17, 15) is 9.59 Å². The molecule has 2 aliphatic rings. The SMILES string of the molecule is CC(=O)OC1CCC2(C)CCC2C1=O. The Morgan fingerprint density at radius 2 is 2.07 bits per heavy atom. The van der Waals surface area contributed by atoms with E-state index in [2.05, 4.69) is 6.92 Å². The van der Waals surface area contributed by atoms with Crippen LogP contribution in [0.3, 0.4) is 0 Å². The predicted octanol–water partition coefficient (Wildman–Crippen LogP) is 1.70. The van der Waals surface area contributed by atoms with E-state index in [4.69, 9.17) is 4.74 Å². The molecule has 2 aliphatic carbocycles. The van der Waals surface area contributed by atoms with E-state index in [1.807, 2.05) is 0 Å². The standard InChI is InChI=1S/C11H16O3/c1-7(12)14-9-4-6-11(2)5-3-8(11)10(9)13/h8-9H,3-6H2,1-2H3. The molecule has 0 heterocycles. The smallest absolute Gasteiger partial charge is 0.303 e. The molecule has 0 aromatic carbocycles. The lowest BCUT2D eigenvalue weighted by Crippen LogP contribution is -2.51. The van der Waals surface area contributed by atoms with Gasteiger partial charge in [0.25, 0.3) is 0 Å². The fraction of sp³-hybridized carbons (Fsp3) is 0.818. The Morgan fingerprint density at radius 3 is 2.57 bits per heavy atom. The fourth-order valence-corrected chi connectivity index (χ4v) is 2.71. The second-order valence-corrected chi connectivity index (χ2v) is 4.78. The molecule has 3 unspecified atom stereocenters. The molecule has 3 nitrogen and oxygen atoms in total. The van der Waals surface area contributed by atoms with E-state index in [-0.39, 0.29) is 23.1 Å². The minimum Gasteiger partial charge on any atom is -0.455 e. The van der Waals surface area contributed by atoms with Crippen LogP contribution in [0.4, 0.5) is 0 Å². The van der Waals surface area contributed by atoms with Crippen molar-refractivity contribution in [1.29, 1.82) is 0 Å². The summed E-state index contributed by atoms with van der Waals surface area (Å²) >= 11 is 0. The molecule has 0 aliphatic heterocycles. The summed E-state index contributed by atoms with van der Waals surface area (Å²) in [5, 5.41) is 0. The maximum atomic E-state index is 11.9. The van der Waals surface area contributed by atoms with E-state index >= 15 is 0 Å². The summed E-state index contributed by atoms with van der Waals surface area (Å²) in [6, 6.07) is 0. The molecule has 0 amide bonds. The van der Waals surface area contributed by atoms with Crippen LogP contribution in [0, 0.1) is 11.3 Å². The third kappa shape index (κ3) is 1.35. The molecule has 0 radical (unpaired) electrons. The Morgan fingerprint density at radius 1 is 1.43 bits per heavy atom. The number of Topliss-reactive ketones (excluding diaryl/α,β-unsaturated/α-hetero) is 1. The first-order valence-corrected chi connectivity index (χ1v) is 5.24. The van der Waals surface area contributed by atoms with Crippen molar-refractivity contribution in [2.75, 3.05) is 0 Å². The van der Waals surface area contributed by atoms with E-state index in [0.29, 0.717) is 6.42 Å². The van der Waals surface area contributed by atoms with Gasteiger partial charge in [0.2, 0.25) is 0 Å². The Balaban J connectivity index is 2.04. The molecule has 2 fully saturated rings. The van der Waals surface area contributed by atoms with Gasteiger partial charge in [0.1, 0.15) is 0 Å². The van der Waals surface area contributed by atoms with E-state index in [0.717, 1.165) is 19.3 Å². The van der Waals surface area contributed by atoms with Crippen LogP contribution < -0.4 is 0 Å². The summed E-state index contributed by atoms with van der Waals surface area (Å²) < 4.78 is 5.01. The average Bonchev–Trinajstić information content (AvgIpc) is 2.07. The van der Waals surface area contributed by atoms with Crippen LogP contribution in [0.5, 0.6) is 0 Å². The zero-order chi connectivity index (χ0) is 10.3. The number of ketones is 1. The highest BCUT2D eigenvalue weighted by atomic mass is 16.5. The van der Waals surface area contributed by atoms with Gasteiger partial charge in [-0.1, -0.05) is 6.92 Å². The third-order valence-corrected chi connectivity index (χ3v) is 3.79. The molecule has 0 aromatic heterocycles. The lowest BCUT2D eigenvalue weighted by molar-refractivity contribution is -0.166. The van der Waals surface area contributed by atoms with Crippen molar-refractivity contribution in [3.63, 3.8) is 0 Å². The molecule has 78 valence electrons. The summed E-state index contributed by atoms with van der Waals surface area (Å²) in [5.74, 6) is -0.0351. The lowest BCUT2D eigenvalue weighted by Gasteiger charge is -2.50. The first-order chi connectivity index (χ1) is 6.53. The molecule has 14 heavy (non-hydrogen) atoms. The van der Waals surface area contributed by atoms with Gasteiger partial charge in [-0.3, -0.25) is 9.59 Å². The van der Waals surface area contributed by atoms with Gasteiger partial charge in [0, 0.05) is 12.8 Å². The summed E-state index contributed by atoms with van der Waals surface area (Å²) in [7, 11) is 0. The van der Waals surface area contributed by atoms with Gasteiger partial charge in [-0.25, -0.2) is 0 Å². The molecule has 0 saturated heterocycles. The highest BCUT2D eigenvalue weighted by Gasteiger charge is 2.52. The first kappa shape index (κ1) is 9.69. The van der Waals surface area contributed by atoms with Gasteiger partial charge in [-0.2, -0.15) is 0 Å². The van der Waals surface area contributed by atoms with Crippen molar-refractivity contribution in [2.24, 2.45) is 11.3 Å². The Kier molecular flexibility index (Phi) is 2.13. The van der Waals surface area contributed by atoms with E-state index in [1.165, 1.54) is 6.92 Å². The van der Waals surface area contributed by atoms with Crippen LogP contribution in [0.2, 0.25) is 0 Å². The molecule has 2 rings (SSSR count). The molecule has 0 spiro atoms. The molecule has 3 heteroatoms. The zero-order valence-electron chi connectivity index (χ0n) is 8.71. The Hall–Kier alpha value is -0.860. The summed E-state index contributed by atoms with van der Waals surface area (Å²) in [5.41, 5.74) is 0.216. The number of rotatable bonds is 1. The lowest BCUT2D eigenvalue weighted by atomic mass is 9.54. The van der Waals surface area contributed by atoms with Crippen molar-refractivity contribution in [3.8, 4) is 0 Å².